The number of methoxy groups -OCH3 is 1. The number of nitrogens with zero attached hydrogens (tertiary/aromatic N) is 2. The Balaban J connectivity index is 1.85. The van der Waals surface area contributed by atoms with E-state index in [2.05, 4.69) is 0 Å². The Morgan fingerprint density at radius 2 is 1.91 bits per heavy atom. The molecule has 0 atom stereocenters. The largest absolute Gasteiger partial charge is 0.493 e. The first kappa shape index (κ1) is 24.4. The van der Waals surface area contributed by atoms with Crippen molar-refractivity contribution in [3.8, 4) is 11.5 Å². The highest BCUT2D eigenvalue weighted by Crippen LogP contribution is 2.36. The molecule has 0 radical (unpaired) electrons. The molecule has 0 bridgehead atoms. The Kier molecular flexibility index (Phi) is 8.16. The number of amides is 1. The van der Waals surface area contributed by atoms with Gasteiger partial charge in [0.2, 0.25) is 0 Å². The second-order valence-corrected chi connectivity index (χ2v) is 8.36. The normalized spacial score (nSPS) is 15.9. The third-order valence-electron chi connectivity index (χ3n) is 4.92. The zero-order valence-corrected chi connectivity index (χ0v) is 20.3. The number of aryl methyl sites for hydroxylation is 2. The fraction of sp³-hybridized carbons (Fsp3) is 0.320. The van der Waals surface area contributed by atoms with Gasteiger partial charge >= 0.3 is 5.97 Å². The van der Waals surface area contributed by atoms with Crippen molar-refractivity contribution in [3.63, 3.8) is 0 Å². The van der Waals surface area contributed by atoms with E-state index in [1.54, 1.807) is 36.1 Å². The van der Waals surface area contributed by atoms with E-state index in [4.69, 9.17) is 19.2 Å². The first-order chi connectivity index (χ1) is 15.9. The first-order valence-electron chi connectivity index (χ1n) is 10.7. The molecule has 2 aromatic carbocycles. The summed E-state index contributed by atoms with van der Waals surface area (Å²) >= 11 is 1.35. The van der Waals surface area contributed by atoms with E-state index >= 15 is 0 Å². The molecule has 0 saturated carbocycles. The van der Waals surface area contributed by atoms with Crippen LogP contribution in [0.1, 0.15) is 30.5 Å². The van der Waals surface area contributed by atoms with Crippen LogP contribution in [0.4, 0.5) is 5.69 Å². The van der Waals surface area contributed by atoms with Crippen LogP contribution in [0.25, 0.3) is 6.08 Å². The maximum atomic E-state index is 13.0. The van der Waals surface area contributed by atoms with Crippen LogP contribution in [0.5, 0.6) is 11.5 Å². The van der Waals surface area contributed by atoms with Gasteiger partial charge in [0.25, 0.3) is 5.91 Å². The van der Waals surface area contributed by atoms with Gasteiger partial charge in [-0.3, -0.25) is 9.69 Å². The molecule has 3 rings (SSSR count). The number of hydrogen-bond acceptors (Lipinski definition) is 7. The van der Waals surface area contributed by atoms with E-state index in [9.17, 15) is 9.59 Å². The molecule has 0 aliphatic carbocycles. The lowest BCUT2D eigenvalue weighted by molar-refractivity contribution is -0.145. The Morgan fingerprint density at radius 3 is 2.61 bits per heavy atom. The summed E-state index contributed by atoms with van der Waals surface area (Å²) in [6, 6.07) is 11.4. The smallest absolute Gasteiger partial charge is 0.344 e. The van der Waals surface area contributed by atoms with Crippen LogP contribution in [0.15, 0.2) is 46.3 Å². The number of benzene rings is 2. The van der Waals surface area contributed by atoms with Gasteiger partial charge in [-0.1, -0.05) is 18.2 Å². The quantitative estimate of drug-likeness (QED) is 0.406. The molecule has 1 heterocycles. The molecule has 0 aromatic heterocycles. The molecule has 1 amide bonds. The number of likely N-dealkylation sites (N-methyl/N-ethyl adjacent to an activating group) is 1. The molecule has 174 valence electrons. The van der Waals surface area contributed by atoms with E-state index in [-0.39, 0.29) is 12.5 Å². The van der Waals surface area contributed by atoms with Gasteiger partial charge in [-0.05, 0) is 80.4 Å². The number of carbonyl (C=O) groups is 2. The van der Waals surface area contributed by atoms with E-state index in [0.29, 0.717) is 34.7 Å². The number of esters is 1. The molecule has 1 aliphatic rings. The maximum absolute atomic E-state index is 13.0. The van der Waals surface area contributed by atoms with Crippen molar-refractivity contribution < 1.29 is 23.8 Å². The standard InChI is InChI=1S/C25H28N2O5S/c1-6-27-24(29)22(33-25(27)26-19-12-16(3)8-9-17(19)4)14-18-10-11-20(21(13-18)30-5)32-15-23(28)31-7-2/h8-14H,6-7,15H2,1-5H3/b22-14+,26-25?. The molecular weight excluding hydrogens is 440 g/mol. The van der Waals surface area contributed by atoms with Crippen molar-refractivity contribution >= 4 is 40.6 Å². The van der Waals surface area contributed by atoms with Crippen LogP contribution < -0.4 is 9.47 Å². The maximum Gasteiger partial charge on any atom is 0.344 e. The van der Waals surface area contributed by atoms with Gasteiger partial charge in [0.1, 0.15) is 0 Å². The molecular formula is C25H28N2O5S. The predicted molar refractivity (Wildman–Crippen MR) is 131 cm³/mol. The third-order valence-corrected chi connectivity index (χ3v) is 5.93. The SMILES string of the molecule is CCOC(=O)COc1ccc(/C=C2/SC(=Nc3cc(C)ccc3C)N(CC)C2=O)cc1OC. The van der Waals surface area contributed by atoms with Crippen LogP contribution in [-0.4, -0.2) is 48.8 Å². The number of rotatable bonds is 8. The van der Waals surface area contributed by atoms with Crippen molar-refractivity contribution in [1.82, 2.24) is 4.90 Å². The minimum absolute atomic E-state index is 0.0897. The zero-order valence-electron chi connectivity index (χ0n) is 19.5. The Hall–Kier alpha value is -3.26. The molecule has 1 fully saturated rings. The molecule has 1 saturated heterocycles. The topological polar surface area (TPSA) is 77.4 Å². The Labute approximate surface area is 198 Å². The van der Waals surface area contributed by atoms with Crippen molar-refractivity contribution in [2.75, 3.05) is 26.9 Å². The monoisotopic (exact) mass is 468 g/mol. The van der Waals surface area contributed by atoms with E-state index < -0.39 is 5.97 Å². The highest BCUT2D eigenvalue weighted by atomic mass is 32.2. The first-order valence-corrected chi connectivity index (χ1v) is 11.5. The van der Waals surface area contributed by atoms with Crippen LogP contribution >= 0.6 is 11.8 Å². The lowest BCUT2D eigenvalue weighted by Crippen LogP contribution is -2.28. The summed E-state index contributed by atoms with van der Waals surface area (Å²) in [5.74, 6) is 0.341. The number of aliphatic imine (C=N–C) groups is 1. The highest BCUT2D eigenvalue weighted by molar-refractivity contribution is 8.18. The van der Waals surface area contributed by atoms with Crippen LogP contribution in [0.3, 0.4) is 0 Å². The number of carbonyl (C=O) groups excluding carboxylic acids is 2. The van der Waals surface area contributed by atoms with Gasteiger partial charge in [0, 0.05) is 6.54 Å². The lowest BCUT2D eigenvalue weighted by atomic mass is 10.1. The number of amidine groups is 1. The highest BCUT2D eigenvalue weighted by Gasteiger charge is 2.32. The molecule has 8 heteroatoms. The summed E-state index contributed by atoms with van der Waals surface area (Å²) < 4.78 is 15.8. The summed E-state index contributed by atoms with van der Waals surface area (Å²) in [6.45, 7) is 8.30. The molecule has 0 unspecified atom stereocenters. The summed E-state index contributed by atoms with van der Waals surface area (Å²) in [6.07, 6.45) is 1.80. The molecule has 33 heavy (non-hydrogen) atoms. The number of hydrogen-bond donors (Lipinski definition) is 0. The van der Waals surface area contributed by atoms with Gasteiger partial charge < -0.3 is 14.2 Å². The second kappa shape index (κ2) is 11.0. The molecule has 7 nitrogen and oxygen atoms in total. The third kappa shape index (κ3) is 5.96. The molecule has 0 spiro atoms. The Morgan fingerprint density at radius 1 is 1.12 bits per heavy atom. The van der Waals surface area contributed by atoms with Crippen molar-refractivity contribution in [3.05, 3.63) is 58.0 Å². The van der Waals surface area contributed by atoms with Crippen LogP contribution in [-0.2, 0) is 14.3 Å². The minimum atomic E-state index is -0.450. The van der Waals surface area contributed by atoms with Crippen molar-refractivity contribution in [1.29, 1.82) is 0 Å². The number of ether oxygens (including phenoxy) is 3. The lowest BCUT2D eigenvalue weighted by Gasteiger charge is -2.13. The van der Waals surface area contributed by atoms with Gasteiger partial charge in [-0.15, -0.1) is 0 Å². The summed E-state index contributed by atoms with van der Waals surface area (Å²) in [7, 11) is 1.52. The van der Waals surface area contributed by atoms with Crippen LogP contribution in [0, 0.1) is 13.8 Å². The van der Waals surface area contributed by atoms with Gasteiger partial charge in [0.05, 0.1) is 24.3 Å². The summed E-state index contributed by atoms with van der Waals surface area (Å²) in [4.78, 5) is 31.6. The van der Waals surface area contributed by atoms with Gasteiger partial charge in [-0.2, -0.15) is 0 Å². The summed E-state index contributed by atoms with van der Waals surface area (Å²) in [5, 5.41) is 0.656. The predicted octanol–water partition coefficient (Wildman–Crippen LogP) is 4.88. The van der Waals surface area contributed by atoms with E-state index in [1.807, 2.05) is 39.0 Å². The van der Waals surface area contributed by atoms with E-state index in [0.717, 1.165) is 22.4 Å². The number of thioether (sulfide) groups is 1. The second-order valence-electron chi connectivity index (χ2n) is 7.35. The van der Waals surface area contributed by atoms with Gasteiger partial charge in [-0.25, -0.2) is 9.79 Å². The summed E-state index contributed by atoms with van der Waals surface area (Å²) in [5.41, 5.74) is 3.80. The zero-order chi connectivity index (χ0) is 24.0. The molecule has 1 aliphatic heterocycles. The van der Waals surface area contributed by atoms with Gasteiger partial charge in [0.15, 0.2) is 23.3 Å². The van der Waals surface area contributed by atoms with Crippen molar-refractivity contribution in [2.24, 2.45) is 4.99 Å². The van der Waals surface area contributed by atoms with Crippen LogP contribution in [0.2, 0.25) is 0 Å². The minimum Gasteiger partial charge on any atom is -0.493 e. The fourth-order valence-electron chi connectivity index (χ4n) is 3.20. The average molecular weight is 469 g/mol. The van der Waals surface area contributed by atoms with Crippen molar-refractivity contribution in [2.45, 2.75) is 27.7 Å². The average Bonchev–Trinajstić information content (AvgIpc) is 3.09. The Bertz CT molecular complexity index is 1110. The molecule has 0 N–H and O–H groups in total. The van der Waals surface area contributed by atoms with E-state index in [1.165, 1.54) is 18.9 Å². The molecule has 2 aromatic rings. The fourth-order valence-corrected chi connectivity index (χ4v) is 4.25.